The van der Waals surface area contributed by atoms with Gasteiger partial charge in [-0.1, -0.05) is 13.0 Å². The lowest BCUT2D eigenvalue weighted by molar-refractivity contribution is 0.416. The van der Waals surface area contributed by atoms with Gasteiger partial charge in [-0.05, 0) is 31.0 Å². The van der Waals surface area contributed by atoms with Crippen molar-refractivity contribution in [1.82, 2.24) is 9.97 Å². The highest BCUT2D eigenvalue weighted by atomic mass is 16.5. The summed E-state index contributed by atoms with van der Waals surface area (Å²) in [6, 6.07) is 7.78. The first-order valence-electron chi connectivity index (χ1n) is 5.92. The van der Waals surface area contributed by atoms with Crippen molar-refractivity contribution in [3.63, 3.8) is 0 Å². The SMILES string of the molecule is CCc1ccc(OC)c(-c2nc(C)cc(N)n2)c1. The van der Waals surface area contributed by atoms with Gasteiger partial charge in [-0.3, -0.25) is 0 Å². The zero-order valence-electron chi connectivity index (χ0n) is 10.9. The van der Waals surface area contributed by atoms with Crippen molar-refractivity contribution in [2.75, 3.05) is 12.8 Å². The number of ether oxygens (including phenoxy) is 1. The van der Waals surface area contributed by atoms with E-state index in [9.17, 15) is 0 Å². The van der Waals surface area contributed by atoms with E-state index in [-0.39, 0.29) is 0 Å². The quantitative estimate of drug-likeness (QED) is 0.900. The minimum atomic E-state index is 0.474. The Balaban J connectivity index is 2.60. The van der Waals surface area contributed by atoms with Gasteiger partial charge in [0.25, 0.3) is 0 Å². The zero-order chi connectivity index (χ0) is 13.1. The molecule has 18 heavy (non-hydrogen) atoms. The molecule has 1 heterocycles. The average molecular weight is 243 g/mol. The lowest BCUT2D eigenvalue weighted by atomic mass is 10.1. The largest absolute Gasteiger partial charge is 0.496 e. The summed E-state index contributed by atoms with van der Waals surface area (Å²) in [7, 11) is 1.64. The number of aryl methyl sites for hydroxylation is 2. The summed E-state index contributed by atoms with van der Waals surface area (Å²) >= 11 is 0. The molecule has 0 amide bonds. The molecule has 0 fully saturated rings. The zero-order valence-corrected chi connectivity index (χ0v) is 10.9. The first kappa shape index (κ1) is 12.4. The van der Waals surface area contributed by atoms with E-state index in [1.54, 1.807) is 13.2 Å². The Bertz CT molecular complexity index is 547. The van der Waals surface area contributed by atoms with Crippen LogP contribution in [0.25, 0.3) is 11.4 Å². The van der Waals surface area contributed by atoms with Crippen molar-refractivity contribution in [2.24, 2.45) is 0 Å². The minimum absolute atomic E-state index is 0.474. The first-order valence-corrected chi connectivity index (χ1v) is 5.92. The molecule has 4 nitrogen and oxygen atoms in total. The third kappa shape index (κ3) is 2.42. The molecule has 0 radical (unpaired) electrons. The maximum absolute atomic E-state index is 5.77. The number of hydrogen-bond donors (Lipinski definition) is 1. The smallest absolute Gasteiger partial charge is 0.165 e. The molecule has 0 saturated carbocycles. The van der Waals surface area contributed by atoms with Gasteiger partial charge in [0.05, 0.1) is 12.7 Å². The molecule has 2 rings (SSSR count). The molecule has 1 aromatic carbocycles. The van der Waals surface area contributed by atoms with E-state index in [1.807, 2.05) is 25.1 Å². The second-order valence-corrected chi connectivity index (χ2v) is 4.15. The van der Waals surface area contributed by atoms with Crippen molar-refractivity contribution in [2.45, 2.75) is 20.3 Å². The van der Waals surface area contributed by atoms with Gasteiger partial charge in [-0.25, -0.2) is 9.97 Å². The number of benzene rings is 1. The molecule has 0 aliphatic rings. The van der Waals surface area contributed by atoms with Gasteiger partial charge in [0, 0.05) is 11.8 Å². The number of nitrogens with two attached hydrogens (primary N) is 1. The Labute approximate surface area is 107 Å². The Morgan fingerprint density at radius 3 is 2.61 bits per heavy atom. The molecule has 0 bridgehead atoms. The van der Waals surface area contributed by atoms with E-state index >= 15 is 0 Å². The van der Waals surface area contributed by atoms with E-state index in [1.165, 1.54) is 5.56 Å². The molecule has 4 heteroatoms. The molecule has 94 valence electrons. The maximum Gasteiger partial charge on any atom is 0.165 e. The Morgan fingerprint density at radius 2 is 2.00 bits per heavy atom. The van der Waals surface area contributed by atoms with Crippen LogP contribution in [0.2, 0.25) is 0 Å². The van der Waals surface area contributed by atoms with Crippen molar-refractivity contribution in [3.05, 3.63) is 35.5 Å². The van der Waals surface area contributed by atoms with E-state index in [4.69, 9.17) is 10.5 Å². The summed E-state index contributed by atoms with van der Waals surface area (Å²) in [5.74, 6) is 1.85. The van der Waals surface area contributed by atoms with Crippen LogP contribution in [0.3, 0.4) is 0 Å². The van der Waals surface area contributed by atoms with Gasteiger partial charge in [-0.15, -0.1) is 0 Å². The van der Waals surface area contributed by atoms with Crippen LogP contribution in [0.4, 0.5) is 5.82 Å². The van der Waals surface area contributed by atoms with Gasteiger partial charge in [0.15, 0.2) is 5.82 Å². The highest BCUT2D eigenvalue weighted by molar-refractivity contribution is 5.66. The molecular weight excluding hydrogens is 226 g/mol. The lowest BCUT2D eigenvalue weighted by Gasteiger charge is -2.10. The van der Waals surface area contributed by atoms with Crippen LogP contribution in [0, 0.1) is 6.92 Å². The van der Waals surface area contributed by atoms with Crippen LogP contribution in [0.1, 0.15) is 18.2 Å². The van der Waals surface area contributed by atoms with Crippen LogP contribution >= 0.6 is 0 Å². The summed E-state index contributed by atoms with van der Waals surface area (Å²) in [6.45, 7) is 4.01. The van der Waals surface area contributed by atoms with Crippen LogP contribution in [0.5, 0.6) is 5.75 Å². The van der Waals surface area contributed by atoms with E-state index in [2.05, 4.69) is 16.9 Å². The van der Waals surface area contributed by atoms with Crippen molar-refractivity contribution < 1.29 is 4.74 Å². The predicted octanol–water partition coefficient (Wildman–Crippen LogP) is 2.61. The van der Waals surface area contributed by atoms with Crippen molar-refractivity contribution >= 4 is 5.82 Å². The summed E-state index contributed by atoms with van der Waals surface area (Å²) in [5.41, 5.74) is 8.71. The summed E-state index contributed by atoms with van der Waals surface area (Å²) in [6.07, 6.45) is 0.957. The number of nitrogen functional groups attached to an aromatic ring is 1. The molecule has 0 aliphatic heterocycles. The maximum atomic E-state index is 5.77. The fraction of sp³-hybridized carbons (Fsp3) is 0.286. The Morgan fingerprint density at radius 1 is 1.22 bits per heavy atom. The van der Waals surface area contributed by atoms with Crippen LogP contribution in [0.15, 0.2) is 24.3 Å². The monoisotopic (exact) mass is 243 g/mol. The molecule has 0 unspecified atom stereocenters. The summed E-state index contributed by atoms with van der Waals surface area (Å²) in [4.78, 5) is 8.69. The van der Waals surface area contributed by atoms with Gasteiger partial charge in [-0.2, -0.15) is 0 Å². The summed E-state index contributed by atoms with van der Waals surface area (Å²) in [5, 5.41) is 0. The second kappa shape index (κ2) is 5.04. The third-order valence-electron chi connectivity index (χ3n) is 2.79. The minimum Gasteiger partial charge on any atom is -0.496 e. The molecule has 0 atom stereocenters. The van der Waals surface area contributed by atoms with Crippen molar-refractivity contribution in [3.8, 4) is 17.1 Å². The molecule has 2 N–H and O–H groups in total. The number of rotatable bonds is 3. The first-order chi connectivity index (χ1) is 8.63. The van der Waals surface area contributed by atoms with Crippen LogP contribution in [-0.2, 0) is 6.42 Å². The highest BCUT2D eigenvalue weighted by Gasteiger charge is 2.10. The molecular formula is C14H17N3O. The number of aromatic nitrogens is 2. The Hall–Kier alpha value is -2.10. The number of nitrogens with zero attached hydrogens (tertiary/aromatic N) is 2. The molecule has 2 aromatic rings. The van der Waals surface area contributed by atoms with Crippen LogP contribution < -0.4 is 10.5 Å². The molecule has 0 saturated heterocycles. The van der Waals surface area contributed by atoms with Gasteiger partial charge < -0.3 is 10.5 Å². The fourth-order valence-electron chi connectivity index (χ4n) is 1.86. The lowest BCUT2D eigenvalue weighted by Crippen LogP contribution is -1.99. The average Bonchev–Trinajstić information content (AvgIpc) is 2.36. The number of hydrogen-bond acceptors (Lipinski definition) is 4. The standard InChI is InChI=1S/C14H17N3O/c1-4-10-5-6-12(18-3)11(8-10)14-16-9(2)7-13(15)17-14/h5-8H,4H2,1-3H3,(H2,15,16,17). The molecule has 0 spiro atoms. The molecule has 0 aliphatic carbocycles. The third-order valence-corrected chi connectivity index (χ3v) is 2.79. The Kier molecular flexibility index (Phi) is 3.46. The van der Waals surface area contributed by atoms with E-state index in [0.717, 1.165) is 23.4 Å². The second-order valence-electron chi connectivity index (χ2n) is 4.15. The number of anilines is 1. The normalized spacial score (nSPS) is 10.4. The van der Waals surface area contributed by atoms with E-state index < -0.39 is 0 Å². The van der Waals surface area contributed by atoms with E-state index in [0.29, 0.717) is 11.6 Å². The van der Waals surface area contributed by atoms with Gasteiger partial charge >= 0.3 is 0 Å². The topological polar surface area (TPSA) is 61.0 Å². The summed E-state index contributed by atoms with van der Waals surface area (Å²) < 4.78 is 5.36. The highest BCUT2D eigenvalue weighted by Crippen LogP contribution is 2.29. The van der Waals surface area contributed by atoms with Crippen molar-refractivity contribution in [1.29, 1.82) is 0 Å². The van der Waals surface area contributed by atoms with Gasteiger partial charge in [0.1, 0.15) is 11.6 Å². The fourth-order valence-corrected chi connectivity index (χ4v) is 1.86. The number of methoxy groups -OCH3 is 1. The van der Waals surface area contributed by atoms with Crippen LogP contribution in [-0.4, -0.2) is 17.1 Å². The molecule has 1 aromatic heterocycles. The van der Waals surface area contributed by atoms with Gasteiger partial charge in [0.2, 0.25) is 0 Å². The predicted molar refractivity (Wildman–Crippen MR) is 72.5 cm³/mol.